The second-order valence-electron chi connectivity index (χ2n) is 6.50. The van der Waals surface area contributed by atoms with Gasteiger partial charge >= 0.3 is 15.2 Å². The van der Waals surface area contributed by atoms with Crippen LogP contribution < -0.4 is 0 Å². The summed E-state index contributed by atoms with van der Waals surface area (Å²) < 4.78 is 48.3. The monoisotopic (exact) mass is 477 g/mol. The van der Waals surface area contributed by atoms with Crippen LogP contribution in [0.25, 0.3) is 0 Å². The largest absolute Gasteiger partial charge is 0.374 e. The molecule has 1 aromatic carbocycles. The number of imide groups is 1. The highest BCUT2D eigenvalue weighted by Gasteiger charge is 2.64. The predicted octanol–water partition coefficient (Wildman–Crippen LogP) is 3.85. The highest BCUT2D eigenvalue weighted by atomic mass is 31.2. The van der Waals surface area contributed by atoms with Crippen LogP contribution in [-0.4, -0.2) is 59.9 Å². The molecule has 1 aliphatic rings. The van der Waals surface area contributed by atoms with E-state index in [2.05, 4.69) is 0 Å². The van der Waals surface area contributed by atoms with Gasteiger partial charge in [-0.25, -0.2) is 0 Å². The number of hydrogen-bond donors (Lipinski definition) is 1. The summed E-state index contributed by atoms with van der Waals surface area (Å²) >= 11 is 0. The lowest BCUT2D eigenvalue weighted by Crippen LogP contribution is -2.39. The Hall–Kier alpha value is -1.38. The van der Waals surface area contributed by atoms with Gasteiger partial charge in [0.2, 0.25) is 0 Å². The normalized spacial score (nSPS) is 14.9. The minimum Gasteiger partial charge on any atom is -0.367 e. The third-order valence-electron chi connectivity index (χ3n) is 4.62. The van der Waals surface area contributed by atoms with Crippen molar-refractivity contribution in [2.24, 2.45) is 0 Å². The van der Waals surface area contributed by atoms with Gasteiger partial charge in [0.1, 0.15) is 0 Å². The molecular weight excluding hydrogens is 448 g/mol. The standard InChI is InChI=1S/C19H29NO9P2/c1-5-26-30(24,27-6-2)19(23,31(25,28-7-3)29-8-4)13-14-20-17(21)15-11-9-10-12-16(15)18(20)22/h9-12,23H,5-8,13-14H2,1-4H3. The zero-order valence-electron chi connectivity index (χ0n) is 18.1. The molecule has 2 rings (SSSR count). The van der Waals surface area contributed by atoms with E-state index in [4.69, 9.17) is 18.1 Å². The van der Waals surface area contributed by atoms with Gasteiger partial charge in [0.25, 0.3) is 16.9 Å². The van der Waals surface area contributed by atoms with E-state index in [0.29, 0.717) is 0 Å². The molecule has 31 heavy (non-hydrogen) atoms. The van der Waals surface area contributed by atoms with Crippen molar-refractivity contribution < 1.29 is 41.9 Å². The molecule has 0 aromatic heterocycles. The maximum Gasteiger partial charge on any atom is 0.374 e. The van der Waals surface area contributed by atoms with Gasteiger partial charge in [-0.15, -0.1) is 0 Å². The number of hydrogen-bond acceptors (Lipinski definition) is 9. The van der Waals surface area contributed by atoms with Gasteiger partial charge in [-0.1, -0.05) is 12.1 Å². The van der Waals surface area contributed by atoms with Crippen molar-refractivity contribution in [3.05, 3.63) is 35.4 Å². The van der Waals surface area contributed by atoms with Crippen LogP contribution in [0.1, 0.15) is 54.8 Å². The fourth-order valence-corrected chi connectivity index (χ4v) is 8.27. The molecule has 1 N–H and O–H groups in total. The van der Waals surface area contributed by atoms with Crippen LogP contribution in [0.4, 0.5) is 0 Å². The molecule has 12 heteroatoms. The molecule has 0 fully saturated rings. The molecule has 1 aromatic rings. The van der Waals surface area contributed by atoms with Crippen LogP contribution in [0.3, 0.4) is 0 Å². The van der Waals surface area contributed by atoms with Crippen LogP contribution in [-0.2, 0) is 27.2 Å². The summed E-state index contributed by atoms with van der Waals surface area (Å²) in [5.74, 6) is -1.15. The number of rotatable bonds is 13. The highest BCUT2D eigenvalue weighted by molar-refractivity contribution is 7.73. The van der Waals surface area contributed by atoms with Crippen molar-refractivity contribution in [1.82, 2.24) is 4.90 Å². The number of fused-ring (bicyclic) bond motifs is 1. The number of amides is 2. The quantitative estimate of drug-likeness (QED) is 0.333. The van der Waals surface area contributed by atoms with E-state index in [1.165, 1.54) is 39.8 Å². The molecule has 1 heterocycles. The Labute approximate surface area is 181 Å². The van der Waals surface area contributed by atoms with Gasteiger partial charge in [-0.05, 0) is 39.8 Å². The van der Waals surface area contributed by atoms with Crippen LogP contribution >= 0.6 is 15.2 Å². The first-order valence-electron chi connectivity index (χ1n) is 10.1. The van der Waals surface area contributed by atoms with Gasteiger partial charge in [0, 0.05) is 13.0 Å². The number of nitrogens with zero attached hydrogens (tertiary/aromatic N) is 1. The van der Waals surface area contributed by atoms with Gasteiger partial charge in [0.15, 0.2) is 0 Å². The molecule has 174 valence electrons. The maximum atomic E-state index is 13.6. The molecule has 0 saturated heterocycles. The Morgan fingerprint density at radius 3 is 1.48 bits per heavy atom. The number of aliphatic hydroxyl groups is 1. The number of carbonyl (C=O) groups is 2. The minimum atomic E-state index is -4.50. The number of benzene rings is 1. The molecule has 0 radical (unpaired) electrons. The van der Waals surface area contributed by atoms with Crippen molar-refractivity contribution in [2.75, 3.05) is 33.0 Å². The Balaban J connectivity index is 2.47. The van der Waals surface area contributed by atoms with E-state index < -0.39 is 45.1 Å². The SMILES string of the molecule is CCOP(=O)(OCC)C(O)(CCN1C(=O)c2ccccc2C1=O)P(=O)(OCC)OCC. The van der Waals surface area contributed by atoms with Gasteiger partial charge in [-0.2, -0.15) is 0 Å². The topological polar surface area (TPSA) is 129 Å². The zero-order valence-corrected chi connectivity index (χ0v) is 19.9. The van der Waals surface area contributed by atoms with E-state index in [9.17, 15) is 23.8 Å². The maximum absolute atomic E-state index is 13.6. The van der Waals surface area contributed by atoms with Crippen molar-refractivity contribution in [3.8, 4) is 0 Å². The van der Waals surface area contributed by atoms with E-state index in [1.54, 1.807) is 12.1 Å². The zero-order chi connectivity index (χ0) is 23.3. The summed E-state index contributed by atoms with van der Waals surface area (Å²) in [5, 5.41) is 8.81. The van der Waals surface area contributed by atoms with Crippen molar-refractivity contribution >= 4 is 27.0 Å². The average Bonchev–Trinajstić information content (AvgIpc) is 2.97. The average molecular weight is 477 g/mol. The molecule has 2 amide bonds. The lowest BCUT2D eigenvalue weighted by atomic mass is 10.1. The molecule has 0 saturated carbocycles. The van der Waals surface area contributed by atoms with Crippen LogP contribution in [0, 0.1) is 0 Å². The molecule has 0 bridgehead atoms. The highest BCUT2D eigenvalue weighted by Crippen LogP contribution is 2.77. The second-order valence-corrected chi connectivity index (χ2v) is 11.4. The first-order chi connectivity index (χ1) is 14.6. The summed E-state index contributed by atoms with van der Waals surface area (Å²) in [7, 11) is -9.00. The Morgan fingerprint density at radius 2 is 1.16 bits per heavy atom. The van der Waals surface area contributed by atoms with Crippen molar-refractivity contribution in [2.45, 2.75) is 39.2 Å². The van der Waals surface area contributed by atoms with Gasteiger partial charge in [0.05, 0.1) is 37.6 Å². The molecule has 0 atom stereocenters. The molecule has 0 spiro atoms. The molecular formula is C19H29NO9P2. The third-order valence-corrected chi connectivity index (χ3v) is 10.7. The molecule has 0 aliphatic carbocycles. The van der Waals surface area contributed by atoms with E-state index in [-0.39, 0.29) is 37.6 Å². The predicted molar refractivity (Wildman–Crippen MR) is 113 cm³/mol. The van der Waals surface area contributed by atoms with Crippen LogP contribution in [0.2, 0.25) is 0 Å². The van der Waals surface area contributed by atoms with Gasteiger partial charge < -0.3 is 23.2 Å². The summed E-state index contributed by atoms with van der Waals surface area (Å²) in [4.78, 5) is 26.3. The minimum absolute atomic E-state index is 0.120. The van der Waals surface area contributed by atoms with Crippen LogP contribution in [0.5, 0.6) is 0 Å². The third kappa shape index (κ3) is 4.71. The van der Waals surface area contributed by atoms with Crippen molar-refractivity contribution in [1.29, 1.82) is 0 Å². The Morgan fingerprint density at radius 1 is 0.806 bits per heavy atom. The van der Waals surface area contributed by atoms with E-state index >= 15 is 0 Å². The Bertz CT molecular complexity index is 819. The lowest BCUT2D eigenvalue weighted by Gasteiger charge is -2.38. The molecule has 0 unspecified atom stereocenters. The smallest absolute Gasteiger partial charge is 0.367 e. The second kappa shape index (κ2) is 10.5. The molecule has 1 aliphatic heterocycles. The van der Waals surface area contributed by atoms with E-state index in [0.717, 1.165) is 4.90 Å². The van der Waals surface area contributed by atoms with Gasteiger partial charge in [-0.3, -0.25) is 23.6 Å². The first-order valence-corrected chi connectivity index (χ1v) is 13.2. The first kappa shape index (κ1) is 25.9. The van der Waals surface area contributed by atoms with Crippen LogP contribution in [0.15, 0.2) is 24.3 Å². The lowest BCUT2D eigenvalue weighted by molar-refractivity contribution is 0.0539. The fourth-order valence-electron chi connectivity index (χ4n) is 3.30. The summed E-state index contributed by atoms with van der Waals surface area (Å²) in [5.41, 5.74) is 0.429. The summed E-state index contributed by atoms with van der Waals surface area (Å²) in [6.45, 7) is 5.23. The Kier molecular flexibility index (Phi) is 8.76. The summed E-state index contributed by atoms with van der Waals surface area (Å²) in [6, 6.07) is 6.28. The summed E-state index contributed by atoms with van der Waals surface area (Å²) in [6.07, 6.45) is -0.604. The number of carbonyl (C=O) groups excluding carboxylic acids is 2. The fraction of sp³-hybridized carbons (Fsp3) is 0.579. The van der Waals surface area contributed by atoms with Crippen molar-refractivity contribution in [3.63, 3.8) is 0 Å². The molecule has 10 nitrogen and oxygen atoms in total. The van der Waals surface area contributed by atoms with E-state index in [1.807, 2.05) is 0 Å².